The number of aryl methyl sites for hydroxylation is 2. The zero-order valence-electron chi connectivity index (χ0n) is 18.7. The molecule has 0 amide bonds. The molecule has 5 aromatic rings. The molecule has 0 unspecified atom stereocenters. The predicted octanol–water partition coefficient (Wildman–Crippen LogP) is 5.00. The number of aliphatic carboxylic acids is 1. The zero-order valence-corrected chi connectivity index (χ0v) is 19.5. The fourth-order valence-corrected chi connectivity index (χ4v) is 5.35. The molecule has 0 bridgehead atoms. The quantitative estimate of drug-likeness (QED) is 0.338. The molecular weight excluding hydrogens is 448 g/mol. The molecule has 0 saturated carbocycles. The summed E-state index contributed by atoms with van der Waals surface area (Å²) in [5, 5.41) is 13.7. The van der Waals surface area contributed by atoms with Gasteiger partial charge >= 0.3 is 5.97 Å². The maximum Gasteiger partial charge on any atom is 0.307 e. The van der Waals surface area contributed by atoms with E-state index in [0.717, 1.165) is 28.3 Å². The third-order valence-corrected chi connectivity index (χ3v) is 7.01. The first-order chi connectivity index (χ1) is 16.3. The van der Waals surface area contributed by atoms with Crippen molar-refractivity contribution in [1.82, 2.24) is 14.5 Å². The van der Waals surface area contributed by atoms with E-state index in [1.54, 1.807) is 18.3 Å². The van der Waals surface area contributed by atoms with Crippen LogP contribution in [0.15, 0.2) is 48.0 Å². The molecule has 3 N–H and O–H groups in total. The molecule has 0 atom stereocenters. The smallest absolute Gasteiger partial charge is 0.307 e. The number of carbonyl (C=O) groups is 2. The van der Waals surface area contributed by atoms with Crippen LogP contribution in [0.4, 0.5) is 5.95 Å². The summed E-state index contributed by atoms with van der Waals surface area (Å²) in [6.45, 7) is 4.39. The Morgan fingerprint density at radius 3 is 2.71 bits per heavy atom. The summed E-state index contributed by atoms with van der Waals surface area (Å²) < 4.78 is 3.28. The van der Waals surface area contributed by atoms with Crippen LogP contribution in [0.1, 0.15) is 32.7 Å². The number of anilines is 1. The Kier molecular flexibility index (Phi) is 5.37. The topological polar surface area (TPSA) is 111 Å². The summed E-state index contributed by atoms with van der Waals surface area (Å²) in [4.78, 5) is 31.7. The van der Waals surface area contributed by atoms with Crippen LogP contribution in [-0.4, -0.2) is 31.9 Å². The Hall–Kier alpha value is -4.04. The maximum atomic E-state index is 11.8. The van der Waals surface area contributed by atoms with Gasteiger partial charge in [-0.2, -0.15) is 0 Å². The van der Waals surface area contributed by atoms with E-state index < -0.39 is 5.97 Å². The highest BCUT2D eigenvalue weighted by molar-refractivity contribution is 7.17. The number of carbonyl (C=O) groups excluding carboxylic acids is 1. The SMILES string of the molecule is Cc1ccc2scc(Cn3cc(CC(=O)O)c4ccc(-c5nc(N)nc(C)c5C=O)cc43)c2c1. The van der Waals surface area contributed by atoms with E-state index in [2.05, 4.69) is 45.0 Å². The van der Waals surface area contributed by atoms with Crippen molar-refractivity contribution in [3.63, 3.8) is 0 Å². The van der Waals surface area contributed by atoms with Gasteiger partial charge in [-0.1, -0.05) is 29.8 Å². The number of fused-ring (bicyclic) bond motifs is 2. The molecule has 0 spiro atoms. The number of rotatable bonds is 6. The normalized spacial score (nSPS) is 11.4. The zero-order chi connectivity index (χ0) is 24.0. The van der Waals surface area contributed by atoms with Gasteiger partial charge in [-0.05, 0) is 47.9 Å². The number of benzene rings is 2. The van der Waals surface area contributed by atoms with E-state index in [-0.39, 0.29) is 12.4 Å². The van der Waals surface area contributed by atoms with E-state index in [1.807, 2.05) is 24.4 Å². The number of aldehydes is 1. The predicted molar refractivity (Wildman–Crippen MR) is 135 cm³/mol. The van der Waals surface area contributed by atoms with Crippen molar-refractivity contribution in [3.8, 4) is 11.3 Å². The van der Waals surface area contributed by atoms with Gasteiger partial charge < -0.3 is 15.4 Å². The lowest BCUT2D eigenvalue weighted by Gasteiger charge is -2.10. The van der Waals surface area contributed by atoms with E-state index in [1.165, 1.54) is 21.2 Å². The van der Waals surface area contributed by atoms with Gasteiger partial charge in [-0.3, -0.25) is 9.59 Å². The van der Waals surface area contributed by atoms with Gasteiger partial charge in [0, 0.05) is 33.9 Å². The Morgan fingerprint density at radius 1 is 1.12 bits per heavy atom. The van der Waals surface area contributed by atoms with Gasteiger partial charge in [-0.25, -0.2) is 9.97 Å². The number of thiophene rings is 1. The van der Waals surface area contributed by atoms with Crippen LogP contribution in [0.3, 0.4) is 0 Å². The van der Waals surface area contributed by atoms with Gasteiger partial charge in [0.2, 0.25) is 5.95 Å². The fourth-order valence-electron chi connectivity index (χ4n) is 4.42. The van der Waals surface area contributed by atoms with Crippen molar-refractivity contribution >= 4 is 50.5 Å². The highest BCUT2D eigenvalue weighted by Crippen LogP contribution is 2.32. The standard InChI is InChI=1S/C26H22N4O3S/c1-14-3-6-23-20(7-14)18(13-34-23)11-30-10-17(9-24(32)33)19-5-4-16(8-22(19)30)25-21(12-31)15(2)28-26(27)29-25/h3-8,10,12-13H,9,11H2,1-2H3,(H,32,33)(H2,27,28,29). The molecule has 2 aromatic carbocycles. The Bertz CT molecular complexity index is 1600. The maximum absolute atomic E-state index is 11.8. The number of hydrogen-bond donors (Lipinski definition) is 2. The number of aromatic nitrogens is 3. The van der Waals surface area contributed by atoms with Gasteiger partial charge in [-0.15, -0.1) is 11.3 Å². The molecule has 34 heavy (non-hydrogen) atoms. The molecule has 0 radical (unpaired) electrons. The van der Waals surface area contributed by atoms with Gasteiger partial charge in [0.15, 0.2) is 6.29 Å². The van der Waals surface area contributed by atoms with Crippen molar-refractivity contribution in [2.75, 3.05) is 5.73 Å². The summed E-state index contributed by atoms with van der Waals surface area (Å²) in [6.07, 6.45) is 2.57. The van der Waals surface area contributed by atoms with Crippen LogP contribution in [0.25, 0.3) is 32.2 Å². The first-order valence-corrected chi connectivity index (χ1v) is 11.6. The van der Waals surface area contributed by atoms with E-state index in [9.17, 15) is 14.7 Å². The molecular formula is C26H22N4O3S. The van der Waals surface area contributed by atoms with E-state index in [4.69, 9.17) is 5.73 Å². The number of hydrogen-bond acceptors (Lipinski definition) is 6. The van der Waals surface area contributed by atoms with Crippen LogP contribution in [0, 0.1) is 13.8 Å². The number of nitrogens with zero attached hydrogens (tertiary/aromatic N) is 3. The van der Waals surface area contributed by atoms with Crippen LogP contribution >= 0.6 is 11.3 Å². The third-order valence-electron chi connectivity index (χ3n) is 6.00. The molecule has 0 aliphatic carbocycles. The highest BCUT2D eigenvalue weighted by atomic mass is 32.1. The number of carboxylic acid groups (broad SMARTS) is 1. The first kappa shape index (κ1) is 21.8. The third kappa shape index (κ3) is 3.82. The van der Waals surface area contributed by atoms with Crippen LogP contribution in [-0.2, 0) is 17.8 Å². The molecule has 3 heterocycles. The number of nitrogen functional groups attached to an aromatic ring is 1. The lowest BCUT2D eigenvalue weighted by molar-refractivity contribution is -0.136. The summed E-state index contributed by atoms with van der Waals surface area (Å²) in [5.74, 6) is -0.789. The Morgan fingerprint density at radius 2 is 1.94 bits per heavy atom. The second-order valence-corrected chi connectivity index (χ2v) is 9.30. The monoisotopic (exact) mass is 470 g/mol. The molecule has 0 saturated heterocycles. The minimum atomic E-state index is -0.887. The molecule has 5 rings (SSSR count). The van der Waals surface area contributed by atoms with Gasteiger partial charge in [0.25, 0.3) is 0 Å². The second kappa shape index (κ2) is 8.39. The van der Waals surface area contributed by atoms with Gasteiger partial charge in [0.05, 0.1) is 23.4 Å². The van der Waals surface area contributed by atoms with E-state index in [0.29, 0.717) is 23.5 Å². The van der Waals surface area contributed by atoms with Crippen LogP contribution in [0.5, 0.6) is 0 Å². The minimum Gasteiger partial charge on any atom is -0.481 e. The van der Waals surface area contributed by atoms with Crippen molar-refractivity contribution in [2.24, 2.45) is 0 Å². The molecule has 7 nitrogen and oxygen atoms in total. The summed E-state index contributed by atoms with van der Waals surface area (Å²) in [6, 6.07) is 12.1. The summed E-state index contributed by atoms with van der Waals surface area (Å²) in [5.41, 5.74) is 11.9. The average Bonchev–Trinajstić information content (AvgIpc) is 3.34. The van der Waals surface area contributed by atoms with Crippen molar-refractivity contribution < 1.29 is 14.7 Å². The Balaban J connectivity index is 1.69. The number of nitrogens with two attached hydrogens (primary N) is 1. The molecule has 0 aliphatic rings. The minimum absolute atomic E-state index is 0.0779. The lowest BCUT2D eigenvalue weighted by Crippen LogP contribution is -2.04. The van der Waals surface area contributed by atoms with Crippen LogP contribution in [0.2, 0.25) is 0 Å². The molecule has 8 heteroatoms. The van der Waals surface area contributed by atoms with E-state index >= 15 is 0 Å². The molecule has 170 valence electrons. The molecule has 0 aliphatic heterocycles. The fraction of sp³-hybridized carbons (Fsp3) is 0.154. The average molecular weight is 471 g/mol. The second-order valence-electron chi connectivity index (χ2n) is 8.39. The molecule has 3 aromatic heterocycles. The van der Waals surface area contributed by atoms with Crippen LogP contribution < -0.4 is 5.73 Å². The first-order valence-electron chi connectivity index (χ1n) is 10.7. The van der Waals surface area contributed by atoms with Crippen molar-refractivity contribution in [3.05, 3.63) is 75.9 Å². The molecule has 0 fully saturated rings. The van der Waals surface area contributed by atoms with Crippen molar-refractivity contribution in [1.29, 1.82) is 0 Å². The van der Waals surface area contributed by atoms with Crippen molar-refractivity contribution in [2.45, 2.75) is 26.8 Å². The lowest BCUT2D eigenvalue weighted by atomic mass is 10.0. The largest absolute Gasteiger partial charge is 0.481 e. The number of carboxylic acids is 1. The summed E-state index contributed by atoms with van der Waals surface area (Å²) >= 11 is 1.70. The Labute approximate surface area is 199 Å². The summed E-state index contributed by atoms with van der Waals surface area (Å²) in [7, 11) is 0. The highest BCUT2D eigenvalue weighted by Gasteiger charge is 2.17. The van der Waals surface area contributed by atoms with Gasteiger partial charge in [0.1, 0.15) is 0 Å².